The van der Waals surface area contributed by atoms with E-state index >= 15 is 0 Å². The Labute approximate surface area is 175 Å². The van der Waals surface area contributed by atoms with Crippen LogP contribution < -0.4 is 0 Å². The second kappa shape index (κ2) is 10.4. The van der Waals surface area contributed by atoms with E-state index in [0.29, 0.717) is 0 Å². The number of carbonyl (C=O) groups is 2. The van der Waals surface area contributed by atoms with Gasteiger partial charge < -0.3 is 9.84 Å². The number of carboxylic acids is 1. The minimum absolute atomic E-state index is 0.163. The predicted octanol–water partition coefficient (Wildman–Crippen LogP) is 6.17. The molecule has 0 bridgehead atoms. The molecule has 0 fully saturated rings. The number of allylic oxidation sites excluding steroid dienone is 9. The Morgan fingerprint density at radius 1 is 1.17 bits per heavy atom. The van der Waals surface area contributed by atoms with Crippen LogP contribution in [0.4, 0.5) is 0 Å². The van der Waals surface area contributed by atoms with Crippen LogP contribution in [-0.4, -0.2) is 23.7 Å². The summed E-state index contributed by atoms with van der Waals surface area (Å²) in [5, 5.41) is 9.04. The van der Waals surface area contributed by atoms with E-state index in [1.807, 2.05) is 25.2 Å². The molecule has 4 nitrogen and oxygen atoms in total. The summed E-state index contributed by atoms with van der Waals surface area (Å²) in [7, 11) is 0. The summed E-state index contributed by atoms with van der Waals surface area (Å²) >= 11 is 0. The molecule has 0 aliphatic heterocycles. The molecule has 29 heavy (non-hydrogen) atoms. The van der Waals surface area contributed by atoms with E-state index < -0.39 is 17.4 Å². The third kappa shape index (κ3) is 8.26. The Bertz CT molecular complexity index is 771. The van der Waals surface area contributed by atoms with Gasteiger partial charge in [-0.1, -0.05) is 55.4 Å². The predicted molar refractivity (Wildman–Crippen MR) is 119 cm³/mol. The van der Waals surface area contributed by atoms with Gasteiger partial charge in [0.1, 0.15) is 6.61 Å². The van der Waals surface area contributed by atoms with E-state index in [9.17, 15) is 9.59 Å². The first-order valence-corrected chi connectivity index (χ1v) is 10.2. The van der Waals surface area contributed by atoms with E-state index in [1.165, 1.54) is 50.3 Å². The van der Waals surface area contributed by atoms with E-state index in [4.69, 9.17) is 9.84 Å². The highest BCUT2D eigenvalue weighted by Gasteiger charge is 2.28. The molecule has 0 amide bonds. The van der Waals surface area contributed by atoms with Gasteiger partial charge >= 0.3 is 11.9 Å². The third-order valence-electron chi connectivity index (χ3n) is 5.27. The molecule has 0 saturated heterocycles. The smallest absolute Gasteiger partial charge is 0.331 e. The van der Waals surface area contributed by atoms with Crippen molar-refractivity contribution in [2.75, 3.05) is 6.61 Å². The fourth-order valence-corrected chi connectivity index (χ4v) is 3.22. The van der Waals surface area contributed by atoms with Crippen molar-refractivity contribution in [3.05, 3.63) is 58.7 Å². The fourth-order valence-electron chi connectivity index (χ4n) is 3.22. The third-order valence-corrected chi connectivity index (χ3v) is 5.27. The first kappa shape index (κ1) is 24.7. The van der Waals surface area contributed by atoms with Gasteiger partial charge in [0.15, 0.2) is 0 Å². The molecule has 0 unspecified atom stereocenters. The number of hydrogen-bond donors (Lipinski definition) is 1. The Morgan fingerprint density at radius 3 is 2.41 bits per heavy atom. The van der Waals surface area contributed by atoms with Crippen LogP contribution in [0, 0.1) is 10.8 Å². The lowest BCUT2D eigenvalue weighted by atomic mass is 9.72. The molecule has 1 aliphatic rings. The molecular formula is C25H36O4. The van der Waals surface area contributed by atoms with Crippen LogP contribution in [0.1, 0.15) is 67.7 Å². The Balaban J connectivity index is 2.68. The van der Waals surface area contributed by atoms with Crippen LogP contribution >= 0.6 is 0 Å². The van der Waals surface area contributed by atoms with E-state index in [1.54, 1.807) is 6.92 Å². The summed E-state index contributed by atoms with van der Waals surface area (Å²) in [4.78, 5) is 22.9. The van der Waals surface area contributed by atoms with Crippen molar-refractivity contribution in [1.29, 1.82) is 0 Å². The number of hydrogen-bond acceptors (Lipinski definition) is 3. The Morgan fingerprint density at radius 2 is 1.83 bits per heavy atom. The Hall–Kier alpha value is -2.36. The van der Waals surface area contributed by atoms with E-state index in [-0.39, 0.29) is 12.0 Å². The topological polar surface area (TPSA) is 63.6 Å². The molecule has 0 aromatic heterocycles. The second-order valence-corrected chi connectivity index (χ2v) is 9.22. The summed E-state index contributed by atoms with van der Waals surface area (Å²) in [5.74, 6) is -1.54. The molecule has 0 radical (unpaired) electrons. The molecule has 1 rings (SSSR count). The van der Waals surface area contributed by atoms with Crippen LogP contribution in [0.2, 0.25) is 0 Å². The lowest BCUT2D eigenvalue weighted by molar-refractivity contribution is -0.154. The van der Waals surface area contributed by atoms with Gasteiger partial charge in [-0.2, -0.15) is 0 Å². The standard InChI is InChI=1S/C25H36O4/c1-18(13-14-21-20(3)12-9-15-24(21,4)5)10-8-11-19(2)16-22(26)29-17-25(6,7)23(27)28/h8,10-11,13-14,16H,9,12,15,17H2,1-7H3,(H,27,28)/b11-8?,14-13?,18-10?,19-16+. The van der Waals surface area contributed by atoms with Crippen LogP contribution in [0.15, 0.2) is 58.7 Å². The van der Waals surface area contributed by atoms with Gasteiger partial charge in [-0.05, 0) is 70.4 Å². The zero-order valence-electron chi connectivity index (χ0n) is 19.0. The zero-order valence-corrected chi connectivity index (χ0v) is 19.0. The van der Waals surface area contributed by atoms with Gasteiger partial charge in [0.05, 0.1) is 5.41 Å². The van der Waals surface area contributed by atoms with Gasteiger partial charge in [0, 0.05) is 6.08 Å². The SMILES string of the molecule is CC(C=CC1=C(C)CCCC1(C)C)=CC=C/C(C)=C/C(=O)OCC(C)(C)C(=O)O. The number of rotatable bonds is 8. The first-order valence-electron chi connectivity index (χ1n) is 10.2. The normalized spacial score (nSPS) is 18.6. The maximum Gasteiger partial charge on any atom is 0.331 e. The van der Waals surface area contributed by atoms with Crippen molar-refractivity contribution in [2.24, 2.45) is 10.8 Å². The zero-order chi connectivity index (χ0) is 22.2. The lowest BCUT2D eigenvalue weighted by Gasteiger charge is -2.32. The number of esters is 1. The highest BCUT2D eigenvalue weighted by molar-refractivity contribution is 5.83. The van der Waals surface area contributed by atoms with Crippen LogP contribution in [0.25, 0.3) is 0 Å². The largest absolute Gasteiger partial charge is 0.481 e. The summed E-state index contributed by atoms with van der Waals surface area (Å²) in [6.07, 6.45) is 15.1. The molecule has 160 valence electrons. The molecule has 4 heteroatoms. The maximum atomic E-state index is 11.8. The average Bonchev–Trinajstić information content (AvgIpc) is 2.59. The van der Waals surface area contributed by atoms with E-state index in [2.05, 4.69) is 32.9 Å². The van der Waals surface area contributed by atoms with Crippen molar-refractivity contribution in [3.63, 3.8) is 0 Å². The monoisotopic (exact) mass is 400 g/mol. The number of carbonyl (C=O) groups excluding carboxylic acids is 1. The van der Waals surface area contributed by atoms with Gasteiger partial charge in [-0.25, -0.2) is 4.79 Å². The fraction of sp³-hybridized carbons (Fsp3) is 0.520. The molecule has 0 saturated carbocycles. The minimum Gasteiger partial charge on any atom is -0.481 e. The minimum atomic E-state index is -1.10. The molecular weight excluding hydrogens is 364 g/mol. The van der Waals surface area contributed by atoms with Crippen LogP contribution in [0.3, 0.4) is 0 Å². The summed E-state index contributed by atoms with van der Waals surface area (Å²) in [5.41, 5.74) is 3.90. The van der Waals surface area contributed by atoms with Gasteiger partial charge in [0.2, 0.25) is 0 Å². The molecule has 1 N–H and O–H groups in total. The van der Waals surface area contributed by atoms with Crippen molar-refractivity contribution in [1.82, 2.24) is 0 Å². The summed E-state index contributed by atoms with van der Waals surface area (Å²) < 4.78 is 5.04. The van der Waals surface area contributed by atoms with Crippen molar-refractivity contribution in [2.45, 2.75) is 67.7 Å². The van der Waals surface area contributed by atoms with E-state index in [0.717, 1.165) is 11.1 Å². The van der Waals surface area contributed by atoms with Crippen molar-refractivity contribution in [3.8, 4) is 0 Å². The molecule has 0 atom stereocenters. The van der Waals surface area contributed by atoms with Crippen molar-refractivity contribution >= 4 is 11.9 Å². The van der Waals surface area contributed by atoms with Gasteiger partial charge in [0.25, 0.3) is 0 Å². The van der Waals surface area contributed by atoms with Crippen LogP contribution in [-0.2, 0) is 14.3 Å². The molecule has 0 spiro atoms. The van der Waals surface area contributed by atoms with Crippen LogP contribution in [0.5, 0.6) is 0 Å². The number of aliphatic carboxylic acids is 1. The second-order valence-electron chi connectivity index (χ2n) is 9.22. The maximum absolute atomic E-state index is 11.8. The first-order chi connectivity index (χ1) is 13.3. The van der Waals surface area contributed by atoms with Gasteiger partial charge in [-0.3, -0.25) is 4.79 Å². The van der Waals surface area contributed by atoms with Gasteiger partial charge in [-0.15, -0.1) is 0 Å². The molecule has 0 aromatic rings. The summed E-state index contributed by atoms with van der Waals surface area (Å²) in [6.45, 7) is 13.6. The Kier molecular flexibility index (Phi) is 8.87. The average molecular weight is 401 g/mol. The number of carboxylic acid groups (broad SMARTS) is 1. The molecule has 1 aliphatic carbocycles. The molecule has 0 heterocycles. The molecule has 0 aromatic carbocycles. The summed E-state index contributed by atoms with van der Waals surface area (Å²) in [6, 6.07) is 0. The lowest BCUT2D eigenvalue weighted by Crippen LogP contribution is -2.30. The quantitative estimate of drug-likeness (QED) is 0.300. The highest BCUT2D eigenvalue weighted by Crippen LogP contribution is 2.40. The highest BCUT2D eigenvalue weighted by atomic mass is 16.5. The van der Waals surface area contributed by atoms with Crippen molar-refractivity contribution < 1.29 is 19.4 Å². The number of ether oxygens (including phenoxy) is 1.